The molecule has 2 aromatic rings. The highest BCUT2D eigenvalue weighted by molar-refractivity contribution is 7.90. The lowest BCUT2D eigenvalue weighted by Gasteiger charge is -2.21. The van der Waals surface area contributed by atoms with Crippen LogP contribution in [-0.2, 0) is 22.9 Å². The van der Waals surface area contributed by atoms with Crippen molar-refractivity contribution in [3.63, 3.8) is 0 Å². The summed E-state index contributed by atoms with van der Waals surface area (Å²) >= 11 is 0. The van der Waals surface area contributed by atoms with Gasteiger partial charge in [-0.05, 0) is 29.3 Å². The molecule has 6 nitrogen and oxygen atoms in total. The number of sulfone groups is 1. The van der Waals surface area contributed by atoms with Crippen molar-refractivity contribution in [1.82, 2.24) is 10.2 Å². The molecular formula is C19H23N3O3S. The molecule has 7 heteroatoms. The van der Waals surface area contributed by atoms with Crippen molar-refractivity contribution < 1.29 is 13.2 Å². The molecule has 26 heavy (non-hydrogen) atoms. The Balaban J connectivity index is 1.63. The van der Waals surface area contributed by atoms with Gasteiger partial charge in [0.2, 0.25) is 0 Å². The van der Waals surface area contributed by atoms with E-state index in [4.69, 9.17) is 0 Å². The molecule has 1 heterocycles. The molecule has 0 saturated carbocycles. The molecule has 1 N–H and O–H groups in total. The number of rotatable bonds is 3. The van der Waals surface area contributed by atoms with Gasteiger partial charge in [-0.25, -0.2) is 13.2 Å². The number of nitrogens with one attached hydrogen (secondary N) is 1. The van der Waals surface area contributed by atoms with Gasteiger partial charge in [0.05, 0.1) is 4.90 Å². The Morgan fingerprint density at radius 3 is 2.46 bits per heavy atom. The lowest BCUT2D eigenvalue weighted by molar-refractivity contribution is 0.197. The molecule has 0 saturated heterocycles. The van der Waals surface area contributed by atoms with Gasteiger partial charge in [0.1, 0.15) is 0 Å². The second-order valence-corrected chi connectivity index (χ2v) is 8.56. The van der Waals surface area contributed by atoms with Crippen molar-refractivity contribution in [3.8, 4) is 0 Å². The summed E-state index contributed by atoms with van der Waals surface area (Å²) in [5.74, 6) is 0. The van der Waals surface area contributed by atoms with Crippen LogP contribution in [0.3, 0.4) is 0 Å². The molecule has 138 valence electrons. The van der Waals surface area contributed by atoms with Crippen molar-refractivity contribution in [1.29, 1.82) is 0 Å². The molecule has 0 bridgehead atoms. The van der Waals surface area contributed by atoms with E-state index in [2.05, 4.69) is 16.3 Å². The fraction of sp³-hybridized carbons (Fsp3) is 0.316. The second-order valence-electron chi connectivity index (χ2n) is 6.55. The summed E-state index contributed by atoms with van der Waals surface area (Å²) < 4.78 is 23.0. The zero-order chi connectivity index (χ0) is 18.7. The van der Waals surface area contributed by atoms with Crippen LogP contribution in [0.1, 0.15) is 11.1 Å². The normalized spacial score (nSPS) is 14.5. The first-order chi connectivity index (χ1) is 12.3. The molecule has 3 rings (SSSR count). The van der Waals surface area contributed by atoms with Crippen LogP contribution in [0.2, 0.25) is 0 Å². The van der Waals surface area contributed by atoms with Gasteiger partial charge in [0.25, 0.3) is 0 Å². The number of nitrogens with zero attached hydrogens (tertiary/aromatic N) is 2. The zero-order valence-corrected chi connectivity index (χ0v) is 15.8. The van der Waals surface area contributed by atoms with Crippen LogP contribution in [0.15, 0.2) is 53.4 Å². The molecule has 0 radical (unpaired) electrons. The van der Waals surface area contributed by atoms with E-state index in [0.29, 0.717) is 19.6 Å². The number of hydrogen-bond acceptors (Lipinski definition) is 4. The van der Waals surface area contributed by atoms with E-state index < -0.39 is 9.84 Å². The van der Waals surface area contributed by atoms with E-state index >= 15 is 0 Å². The number of anilines is 1. The SMILES string of the molecule is CN1CCN(C(=O)NCc2ccc(S(C)(=O)=O)cc2)Cc2ccccc21. The van der Waals surface area contributed by atoms with E-state index in [0.717, 1.165) is 23.4 Å². The van der Waals surface area contributed by atoms with Gasteiger partial charge in [-0.2, -0.15) is 0 Å². The fourth-order valence-corrected chi connectivity index (χ4v) is 3.64. The summed E-state index contributed by atoms with van der Waals surface area (Å²) in [6, 6.07) is 14.6. The van der Waals surface area contributed by atoms with E-state index in [1.54, 1.807) is 29.2 Å². The summed E-state index contributed by atoms with van der Waals surface area (Å²) in [6.45, 7) is 2.34. The van der Waals surface area contributed by atoms with E-state index in [1.165, 1.54) is 6.26 Å². The van der Waals surface area contributed by atoms with Crippen molar-refractivity contribution >= 4 is 21.6 Å². The van der Waals surface area contributed by atoms with Crippen molar-refractivity contribution in [2.45, 2.75) is 18.0 Å². The number of urea groups is 1. The molecule has 0 atom stereocenters. The topological polar surface area (TPSA) is 69.7 Å². The highest BCUT2D eigenvalue weighted by Gasteiger charge is 2.20. The van der Waals surface area contributed by atoms with Gasteiger partial charge in [0, 0.05) is 45.2 Å². The molecule has 1 aliphatic rings. The molecule has 0 fully saturated rings. The quantitative estimate of drug-likeness (QED) is 0.896. The van der Waals surface area contributed by atoms with Gasteiger partial charge >= 0.3 is 6.03 Å². The van der Waals surface area contributed by atoms with Gasteiger partial charge in [-0.3, -0.25) is 0 Å². The highest BCUT2D eigenvalue weighted by atomic mass is 32.2. The third kappa shape index (κ3) is 4.16. The van der Waals surface area contributed by atoms with Crippen LogP contribution >= 0.6 is 0 Å². The number of fused-ring (bicyclic) bond motifs is 1. The van der Waals surface area contributed by atoms with E-state index in [9.17, 15) is 13.2 Å². The predicted molar refractivity (Wildman–Crippen MR) is 102 cm³/mol. The molecule has 0 aliphatic carbocycles. The molecule has 0 aromatic heterocycles. The van der Waals surface area contributed by atoms with Crippen LogP contribution in [0.25, 0.3) is 0 Å². The van der Waals surface area contributed by atoms with Crippen LogP contribution < -0.4 is 10.2 Å². The first-order valence-corrected chi connectivity index (χ1v) is 10.3. The van der Waals surface area contributed by atoms with Gasteiger partial charge < -0.3 is 15.1 Å². The largest absolute Gasteiger partial charge is 0.373 e. The van der Waals surface area contributed by atoms with E-state index in [-0.39, 0.29) is 10.9 Å². The summed E-state index contributed by atoms with van der Waals surface area (Å²) in [7, 11) is -1.17. The lowest BCUT2D eigenvalue weighted by Crippen LogP contribution is -2.41. The number of amides is 2. The summed E-state index contributed by atoms with van der Waals surface area (Å²) in [6.07, 6.45) is 1.18. The van der Waals surface area contributed by atoms with Crippen LogP contribution in [-0.4, -0.2) is 45.7 Å². The fourth-order valence-electron chi connectivity index (χ4n) is 3.01. The summed E-state index contributed by atoms with van der Waals surface area (Å²) in [5, 5.41) is 2.92. The second kappa shape index (κ2) is 7.37. The summed E-state index contributed by atoms with van der Waals surface area (Å²) in [4.78, 5) is 16.8. The number of para-hydroxylation sites is 1. The van der Waals surface area contributed by atoms with Crippen LogP contribution in [0, 0.1) is 0 Å². The third-order valence-corrected chi connectivity index (χ3v) is 5.68. The Kier molecular flexibility index (Phi) is 5.18. The van der Waals surface area contributed by atoms with Crippen molar-refractivity contribution in [2.75, 3.05) is 31.3 Å². The standard InChI is InChI=1S/C19H23N3O3S/c1-21-11-12-22(14-16-5-3-4-6-18(16)21)19(23)20-13-15-7-9-17(10-8-15)26(2,24)25/h3-10H,11-14H2,1-2H3,(H,20,23). The first kappa shape index (κ1) is 18.3. The number of hydrogen-bond donors (Lipinski definition) is 1. The Morgan fingerprint density at radius 1 is 1.08 bits per heavy atom. The van der Waals surface area contributed by atoms with Crippen LogP contribution in [0.5, 0.6) is 0 Å². The van der Waals surface area contributed by atoms with Gasteiger partial charge in [-0.15, -0.1) is 0 Å². The Labute approximate surface area is 154 Å². The monoisotopic (exact) mass is 373 g/mol. The maximum absolute atomic E-state index is 12.6. The maximum atomic E-state index is 12.6. The summed E-state index contributed by atoms with van der Waals surface area (Å²) in [5.41, 5.74) is 3.14. The average Bonchev–Trinajstić information content (AvgIpc) is 2.79. The zero-order valence-electron chi connectivity index (χ0n) is 15.0. The number of carbonyl (C=O) groups is 1. The molecular weight excluding hydrogens is 350 g/mol. The molecule has 0 spiro atoms. The number of carbonyl (C=O) groups excluding carboxylic acids is 1. The highest BCUT2D eigenvalue weighted by Crippen LogP contribution is 2.23. The first-order valence-electron chi connectivity index (χ1n) is 8.45. The minimum absolute atomic E-state index is 0.123. The van der Waals surface area contributed by atoms with Crippen molar-refractivity contribution in [2.24, 2.45) is 0 Å². The minimum Gasteiger partial charge on any atom is -0.373 e. The molecule has 2 amide bonds. The Hall–Kier alpha value is -2.54. The maximum Gasteiger partial charge on any atom is 0.318 e. The lowest BCUT2D eigenvalue weighted by atomic mass is 10.1. The molecule has 2 aromatic carbocycles. The third-order valence-electron chi connectivity index (χ3n) is 4.55. The Bertz CT molecular complexity index is 895. The predicted octanol–water partition coefficient (Wildman–Crippen LogP) is 2.25. The molecule has 0 unspecified atom stereocenters. The number of likely N-dealkylation sites (N-methyl/N-ethyl adjacent to an activating group) is 1. The van der Waals surface area contributed by atoms with E-state index in [1.807, 2.05) is 25.2 Å². The van der Waals surface area contributed by atoms with Crippen molar-refractivity contribution in [3.05, 3.63) is 59.7 Å². The van der Waals surface area contributed by atoms with Gasteiger partial charge in [-0.1, -0.05) is 30.3 Å². The molecule has 1 aliphatic heterocycles. The van der Waals surface area contributed by atoms with Gasteiger partial charge in [0.15, 0.2) is 9.84 Å². The Morgan fingerprint density at radius 2 is 1.77 bits per heavy atom. The van der Waals surface area contributed by atoms with Crippen LogP contribution in [0.4, 0.5) is 10.5 Å². The minimum atomic E-state index is -3.21. The smallest absolute Gasteiger partial charge is 0.318 e. The average molecular weight is 373 g/mol. The number of benzene rings is 2.